The maximum absolute atomic E-state index is 12.2. The number of pyridine rings is 1. The normalized spacial score (nSPS) is 12.4. The molecule has 3 aromatic rings. The third kappa shape index (κ3) is 2.44. The number of aryl methyl sites for hydroxylation is 2. The Morgan fingerprint density at radius 2 is 1.75 bits per heavy atom. The molecule has 1 aromatic carbocycles. The van der Waals surface area contributed by atoms with Crippen molar-refractivity contribution in [2.24, 2.45) is 0 Å². The van der Waals surface area contributed by atoms with Gasteiger partial charge < -0.3 is 13.9 Å². The van der Waals surface area contributed by atoms with E-state index in [0.29, 0.717) is 22.8 Å². The highest BCUT2D eigenvalue weighted by Gasteiger charge is 2.15. The molecule has 24 heavy (non-hydrogen) atoms. The Morgan fingerprint density at radius 3 is 2.50 bits per heavy atom. The van der Waals surface area contributed by atoms with Crippen LogP contribution in [0.5, 0.6) is 11.5 Å². The third-order valence-corrected chi connectivity index (χ3v) is 3.97. The first-order chi connectivity index (χ1) is 11.6. The summed E-state index contributed by atoms with van der Waals surface area (Å²) in [5.41, 5.74) is 2.95. The van der Waals surface area contributed by atoms with Crippen LogP contribution in [0.25, 0.3) is 22.4 Å². The zero-order valence-electron chi connectivity index (χ0n) is 13.3. The van der Waals surface area contributed by atoms with Crippen LogP contribution in [0.3, 0.4) is 0 Å². The van der Waals surface area contributed by atoms with Crippen LogP contribution in [0.4, 0.5) is 0 Å². The van der Waals surface area contributed by atoms with E-state index in [1.54, 1.807) is 20.0 Å². The van der Waals surface area contributed by atoms with E-state index in [9.17, 15) is 4.79 Å². The zero-order valence-corrected chi connectivity index (χ0v) is 13.3. The van der Waals surface area contributed by atoms with Crippen LogP contribution < -0.4 is 14.9 Å². The Labute approximate surface area is 138 Å². The van der Waals surface area contributed by atoms with Gasteiger partial charge in [-0.1, -0.05) is 6.07 Å². The van der Waals surface area contributed by atoms with E-state index in [2.05, 4.69) is 4.98 Å². The first-order valence-corrected chi connectivity index (χ1v) is 7.59. The van der Waals surface area contributed by atoms with E-state index < -0.39 is 0 Å². The number of hydrogen-bond acceptors (Lipinski definition) is 5. The number of aromatic nitrogens is 1. The molecule has 0 spiro atoms. The van der Waals surface area contributed by atoms with Gasteiger partial charge in [-0.15, -0.1) is 0 Å². The Hall–Kier alpha value is -3.08. The number of hydrogen-bond donors (Lipinski definition) is 0. The molecular formula is C19H15NO4. The minimum Gasteiger partial charge on any atom is -0.466 e. The average molecular weight is 321 g/mol. The van der Waals surface area contributed by atoms with Crippen LogP contribution in [0.15, 0.2) is 51.8 Å². The average Bonchev–Trinajstić information content (AvgIpc) is 3.02. The van der Waals surface area contributed by atoms with Crippen LogP contribution in [0.1, 0.15) is 11.5 Å². The number of nitrogens with zero attached hydrogens (tertiary/aromatic N) is 1. The Balaban J connectivity index is 1.72. The molecule has 4 rings (SSSR count). The molecule has 0 fully saturated rings. The van der Waals surface area contributed by atoms with Crippen LogP contribution >= 0.6 is 0 Å². The molecule has 5 nitrogen and oxygen atoms in total. The monoisotopic (exact) mass is 321 g/mol. The lowest BCUT2D eigenvalue weighted by Crippen LogP contribution is -2.06. The first-order valence-electron chi connectivity index (χ1n) is 7.59. The molecule has 2 aromatic heterocycles. The summed E-state index contributed by atoms with van der Waals surface area (Å²) in [5, 5.41) is 0. The SMILES string of the molecule is Cc1cc(=O)c(-c2ccc(-c3ccc4c(c3)OCO4)nc2)c(C)o1. The number of benzene rings is 1. The van der Waals surface area contributed by atoms with Gasteiger partial charge in [0.25, 0.3) is 0 Å². The zero-order chi connectivity index (χ0) is 16.7. The molecule has 0 aliphatic carbocycles. The highest BCUT2D eigenvalue weighted by Crippen LogP contribution is 2.35. The fraction of sp³-hybridized carbons (Fsp3) is 0.158. The van der Waals surface area contributed by atoms with Gasteiger partial charge in [0.1, 0.15) is 11.5 Å². The second-order valence-corrected chi connectivity index (χ2v) is 5.65. The number of fused-ring (bicyclic) bond motifs is 1. The predicted molar refractivity (Wildman–Crippen MR) is 89.2 cm³/mol. The van der Waals surface area contributed by atoms with Gasteiger partial charge >= 0.3 is 0 Å². The van der Waals surface area contributed by atoms with Crippen molar-refractivity contribution in [2.75, 3.05) is 6.79 Å². The van der Waals surface area contributed by atoms with Crippen LogP contribution in [-0.4, -0.2) is 11.8 Å². The Morgan fingerprint density at radius 1 is 0.958 bits per heavy atom. The van der Waals surface area contributed by atoms with E-state index >= 15 is 0 Å². The van der Waals surface area contributed by atoms with Gasteiger partial charge in [0.2, 0.25) is 6.79 Å². The van der Waals surface area contributed by atoms with Crippen LogP contribution in [-0.2, 0) is 0 Å². The maximum Gasteiger partial charge on any atom is 0.231 e. The molecule has 0 radical (unpaired) electrons. The smallest absolute Gasteiger partial charge is 0.231 e. The predicted octanol–water partition coefficient (Wildman–Crippen LogP) is 3.71. The minimum atomic E-state index is -0.0612. The topological polar surface area (TPSA) is 61.6 Å². The van der Waals surface area contributed by atoms with Crippen LogP contribution in [0.2, 0.25) is 0 Å². The van der Waals surface area contributed by atoms with E-state index in [4.69, 9.17) is 13.9 Å². The molecule has 1 aliphatic heterocycles. The summed E-state index contributed by atoms with van der Waals surface area (Å²) in [4.78, 5) is 16.7. The molecular weight excluding hydrogens is 306 g/mol. The molecule has 0 N–H and O–H groups in total. The van der Waals surface area contributed by atoms with Crippen molar-refractivity contribution in [3.63, 3.8) is 0 Å². The number of rotatable bonds is 2. The lowest BCUT2D eigenvalue weighted by atomic mass is 10.0. The van der Waals surface area contributed by atoms with Crippen molar-refractivity contribution in [1.82, 2.24) is 4.98 Å². The molecule has 3 heterocycles. The lowest BCUT2D eigenvalue weighted by Gasteiger charge is -2.07. The van der Waals surface area contributed by atoms with Crippen molar-refractivity contribution >= 4 is 0 Å². The fourth-order valence-corrected chi connectivity index (χ4v) is 2.87. The van der Waals surface area contributed by atoms with Gasteiger partial charge in [-0.25, -0.2) is 0 Å². The van der Waals surface area contributed by atoms with Gasteiger partial charge in [-0.05, 0) is 38.1 Å². The second kappa shape index (κ2) is 5.53. The molecule has 0 unspecified atom stereocenters. The van der Waals surface area contributed by atoms with Crippen molar-refractivity contribution in [2.45, 2.75) is 13.8 Å². The van der Waals surface area contributed by atoms with Gasteiger partial charge in [-0.3, -0.25) is 9.78 Å². The van der Waals surface area contributed by atoms with Gasteiger partial charge in [0.05, 0.1) is 11.3 Å². The molecule has 0 amide bonds. The summed E-state index contributed by atoms with van der Waals surface area (Å²) in [7, 11) is 0. The molecule has 5 heteroatoms. The van der Waals surface area contributed by atoms with Crippen LogP contribution in [0, 0.1) is 13.8 Å². The largest absolute Gasteiger partial charge is 0.466 e. The lowest BCUT2D eigenvalue weighted by molar-refractivity contribution is 0.174. The van der Waals surface area contributed by atoms with Crippen molar-refractivity contribution in [3.05, 3.63) is 64.3 Å². The summed E-state index contributed by atoms with van der Waals surface area (Å²) in [6, 6.07) is 10.9. The maximum atomic E-state index is 12.2. The van der Waals surface area contributed by atoms with Crippen molar-refractivity contribution < 1.29 is 13.9 Å². The fourth-order valence-electron chi connectivity index (χ4n) is 2.87. The Kier molecular flexibility index (Phi) is 3.34. The summed E-state index contributed by atoms with van der Waals surface area (Å²) in [5.74, 6) is 2.65. The molecule has 0 saturated carbocycles. The third-order valence-electron chi connectivity index (χ3n) is 3.97. The van der Waals surface area contributed by atoms with Gasteiger partial charge in [0, 0.05) is 23.4 Å². The molecule has 120 valence electrons. The molecule has 0 saturated heterocycles. The van der Waals surface area contributed by atoms with E-state index in [-0.39, 0.29) is 12.2 Å². The van der Waals surface area contributed by atoms with E-state index in [1.807, 2.05) is 30.3 Å². The Bertz CT molecular complexity index is 974. The van der Waals surface area contributed by atoms with E-state index in [1.165, 1.54) is 6.07 Å². The van der Waals surface area contributed by atoms with Crippen molar-refractivity contribution in [3.8, 4) is 33.9 Å². The minimum absolute atomic E-state index is 0.0612. The summed E-state index contributed by atoms with van der Waals surface area (Å²) in [6.07, 6.45) is 1.69. The number of ether oxygens (including phenoxy) is 2. The van der Waals surface area contributed by atoms with Gasteiger partial charge in [-0.2, -0.15) is 0 Å². The molecule has 0 atom stereocenters. The second-order valence-electron chi connectivity index (χ2n) is 5.65. The highest BCUT2D eigenvalue weighted by molar-refractivity contribution is 5.69. The highest BCUT2D eigenvalue weighted by atomic mass is 16.7. The summed E-state index contributed by atoms with van der Waals surface area (Å²) >= 11 is 0. The quantitative estimate of drug-likeness (QED) is 0.720. The first kappa shape index (κ1) is 14.5. The summed E-state index contributed by atoms with van der Waals surface area (Å²) in [6.45, 7) is 3.79. The summed E-state index contributed by atoms with van der Waals surface area (Å²) < 4.78 is 16.3. The standard InChI is InChI=1S/C19H15NO4/c1-11-7-16(21)19(12(2)24-11)14-3-5-15(20-9-14)13-4-6-17-18(8-13)23-10-22-17/h3-9H,10H2,1-2H3. The molecule has 1 aliphatic rings. The van der Waals surface area contributed by atoms with Crippen molar-refractivity contribution in [1.29, 1.82) is 0 Å². The van der Waals surface area contributed by atoms with E-state index in [0.717, 1.165) is 22.6 Å². The molecule has 0 bridgehead atoms. The van der Waals surface area contributed by atoms with Gasteiger partial charge in [0.15, 0.2) is 16.9 Å².